The Morgan fingerprint density at radius 1 is 1.29 bits per heavy atom. The van der Waals surface area contributed by atoms with Gasteiger partial charge in [-0.1, -0.05) is 13.8 Å². The molecule has 0 fully saturated rings. The van der Waals surface area contributed by atoms with E-state index in [0.717, 1.165) is 11.3 Å². The summed E-state index contributed by atoms with van der Waals surface area (Å²) in [7, 11) is 0. The van der Waals surface area contributed by atoms with Crippen molar-refractivity contribution in [2.75, 3.05) is 0 Å². The van der Waals surface area contributed by atoms with E-state index in [1.807, 2.05) is 11.6 Å². The van der Waals surface area contributed by atoms with E-state index in [1.165, 1.54) is 0 Å². The summed E-state index contributed by atoms with van der Waals surface area (Å²) in [6.07, 6.45) is 0. The second-order valence-electron chi connectivity index (χ2n) is 5.06. The number of rotatable bonds is 1. The molecular formula is C11H20N2O. The van der Waals surface area contributed by atoms with Crippen LogP contribution in [-0.2, 0) is 5.54 Å². The Morgan fingerprint density at radius 2 is 1.79 bits per heavy atom. The third kappa shape index (κ3) is 1.76. The zero-order valence-electron chi connectivity index (χ0n) is 9.92. The van der Waals surface area contributed by atoms with E-state index in [2.05, 4.69) is 39.7 Å². The minimum atomic E-state index is -0.0747. The van der Waals surface area contributed by atoms with Crippen molar-refractivity contribution >= 4 is 0 Å². The fourth-order valence-corrected chi connectivity index (χ4v) is 1.83. The van der Waals surface area contributed by atoms with Gasteiger partial charge in [-0.2, -0.15) is 0 Å². The minimum absolute atomic E-state index is 0.0747. The second kappa shape index (κ2) is 3.30. The van der Waals surface area contributed by atoms with Gasteiger partial charge >= 0.3 is 0 Å². The molecule has 1 N–H and O–H groups in total. The topological polar surface area (TPSA) is 38.1 Å². The molecule has 3 heteroatoms. The molecule has 80 valence electrons. The summed E-state index contributed by atoms with van der Waals surface area (Å²) in [4.78, 5) is 0. The Labute approximate surface area is 85.8 Å². The van der Waals surface area contributed by atoms with Crippen molar-refractivity contribution in [3.63, 3.8) is 0 Å². The summed E-state index contributed by atoms with van der Waals surface area (Å²) in [6.45, 7) is 12.4. The monoisotopic (exact) mass is 196 g/mol. The fourth-order valence-electron chi connectivity index (χ4n) is 1.83. The van der Waals surface area contributed by atoms with E-state index in [9.17, 15) is 5.11 Å². The van der Waals surface area contributed by atoms with Crippen LogP contribution in [0.2, 0.25) is 0 Å². The Hall–Kier alpha value is -0.990. The van der Waals surface area contributed by atoms with Crippen LogP contribution in [0, 0.1) is 6.92 Å². The number of aromatic nitrogens is 2. The van der Waals surface area contributed by atoms with Crippen LogP contribution < -0.4 is 0 Å². The molecule has 0 aliphatic heterocycles. The highest BCUT2D eigenvalue weighted by molar-refractivity contribution is 5.33. The highest BCUT2D eigenvalue weighted by atomic mass is 16.3. The molecule has 0 aliphatic rings. The number of aromatic hydroxyl groups is 1. The van der Waals surface area contributed by atoms with E-state index in [1.54, 1.807) is 0 Å². The maximum absolute atomic E-state index is 9.71. The molecule has 14 heavy (non-hydrogen) atoms. The highest BCUT2D eigenvalue weighted by Crippen LogP contribution is 2.30. The molecule has 3 nitrogen and oxygen atoms in total. The Bertz CT molecular complexity index is 332. The van der Waals surface area contributed by atoms with Gasteiger partial charge in [0.2, 0.25) is 5.88 Å². The van der Waals surface area contributed by atoms with Crippen LogP contribution in [0.1, 0.15) is 51.8 Å². The second-order valence-corrected chi connectivity index (χ2v) is 5.06. The van der Waals surface area contributed by atoms with Gasteiger partial charge in [0.15, 0.2) is 0 Å². The third-order valence-electron chi connectivity index (χ3n) is 2.36. The summed E-state index contributed by atoms with van der Waals surface area (Å²) < 4.78 is 1.89. The van der Waals surface area contributed by atoms with E-state index in [-0.39, 0.29) is 11.4 Å². The van der Waals surface area contributed by atoms with Crippen LogP contribution in [0.25, 0.3) is 0 Å². The zero-order chi connectivity index (χ0) is 11.1. The van der Waals surface area contributed by atoms with Gasteiger partial charge in [0.1, 0.15) is 0 Å². The maximum atomic E-state index is 9.71. The first-order valence-electron chi connectivity index (χ1n) is 5.04. The lowest BCUT2D eigenvalue weighted by Gasteiger charge is -2.21. The van der Waals surface area contributed by atoms with Crippen molar-refractivity contribution in [1.82, 2.24) is 9.78 Å². The molecule has 1 aromatic heterocycles. The highest BCUT2D eigenvalue weighted by Gasteiger charge is 2.23. The molecule has 0 amide bonds. The van der Waals surface area contributed by atoms with Gasteiger partial charge in [0, 0.05) is 11.3 Å². The van der Waals surface area contributed by atoms with E-state index < -0.39 is 0 Å². The quantitative estimate of drug-likeness (QED) is 0.750. The number of hydrogen-bond donors (Lipinski definition) is 1. The molecule has 0 unspecified atom stereocenters. The van der Waals surface area contributed by atoms with Crippen LogP contribution in [0.15, 0.2) is 0 Å². The van der Waals surface area contributed by atoms with Gasteiger partial charge < -0.3 is 5.11 Å². The van der Waals surface area contributed by atoms with Crippen LogP contribution in [0.4, 0.5) is 0 Å². The molecule has 1 heterocycles. The molecule has 0 aromatic carbocycles. The van der Waals surface area contributed by atoms with Crippen molar-refractivity contribution in [3.05, 3.63) is 11.3 Å². The minimum Gasteiger partial charge on any atom is -0.492 e. The molecule has 0 bridgehead atoms. The predicted octanol–water partition coefficient (Wildman–Crippen LogP) is 2.78. The summed E-state index contributed by atoms with van der Waals surface area (Å²) in [5, 5.41) is 13.9. The molecular weight excluding hydrogens is 176 g/mol. The summed E-state index contributed by atoms with van der Waals surface area (Å²) >= 11 is 0. The first kappa shape index (κ1) is 11.1. The third-order valence-corrected chi connectivity index (χ3v) is 2.36. The van der Waals surface area contributed by atoms with Crippen molar-refractivity contribution in [2.24, 2.45) is 0 Å². The molecule has 0 atom stereocenters. The molecule has 0 saturated heterocycles. The lowest BCUT2D eigenvalue weighted by Crippen LogP contribution is -2.24. The molecule has 0 aliphatic carbocycles. The van der Waals surface area contributed by atoms with Gasteiger partial charge in [0.05, 0.1) is 5.54 Å². The maximum Gasteiger partial charge on any atom is 0.234 e. The largest absolute Gasteiger partial charge is 0.492 e. The summed E-state index contributed by atoms with van der Waals surface area (Å²) in [5.41, 5.74) is 1.94. The van der Waals surface area contributed by atoms with Crippen molar-refractivity contribution in [2.45, 2.75) is 53.0 Å². The first-order valence-corrected chi connectivity index (χ1v) is 5.04. The van der Waals surface area contributed by atoms with Crippen molar-refractivity contribution in [3.8, 4) is 5.88 Å². The van der Waals surface area contributed by atoms with Gasteiger partial charge in [-0.3, -0.25) is 4.68 Å². The number of nitrogens with zero attached hydrogens (tertiary/aromatic N) is 2. The fraction of sp³-hybridized carbons (Fsp3) is 0.727. The Balaban J connectivity index is 3.31. The standard InChI is InChI=1S/C11H20N2O/c1-7(2)9-8(3)13(11(4,5)6)12-10(9)14/h7H,1-6H3,(H,12,14). The molecule has 1 rings (SSSR count). The molecule has 0 spiro atoms. The average Bonchev–Trinajstić information content (AvgIpc) is 2.24. The Kier molecular flexibility index (Phi) is 2.61. The normalized spacial score (nSPS) is 12.5. The van der Waals surface area contributed by atoms with Crippen molar-refractivity contribution < 1.29 is 5.11 Å². The van der Waals surface area contributed by atoms with Crippen molar-refractivity contribution in [1.29, 1.82) is 0 Å². The van der Waals surface area contributed by atoms with Crippen LogP contribution in [0.5, 0.6) is 5.88 Å². The van der Waals surface area contributed by atoms with Crippen LogP contribution in [-0.4, -0.2) is 14.9 Å². The zero-order valence-corrected chi connectivity index (χ0v) is 9.92. The molecule has 0 radical (unpaired) electrons. The van der Waals surface area contributed by atoms with E-state index in [4.69, 9.17) is 0 Å². The van der Waals surface area contributed by atoms with E-state index in [0.29, 0.717) is 5.92 Å². The van der Waals surface area contributed by atoms with Gasteiger partial charge in [-0.05, 0) is 33.6 Å². The smallest absolute Gasteiger partial charge is 0.234 e. The van der Waals surface area contributed by atoms with Crippen LogP contribution >= 0.6 is 0 Å². The van der Waals surface area contributed by atoms with Gasteiger partial charge in [-0.15, -0.1) is 5.10 Å². The summed E-state index contributed by atoms with van der Waals surface area (Å²) in [6, 6.07) is 0. The van der Waals surface area contributed by atoms with Gasteiger partial charge in [-0.25, -0.2) is 0 Å². The molecule has 1 aromatic rings. The van der Waals surface area contributed by atoms with Gasteiger partial charge in [0.25, 0.3) is 0 Å². The Morgan fingerprint density at radius 3 is 2.00 bits per heavy atom. The number of hydrogen-bond acceptors (Lipinski definition) is 2. The first-order chi connectivity index (χ1) is 6.25. The average molecular weight is 196 g/mol. The van der Waals surface area contributed by atoms with E-state index >= 15 is 0 Å². The SMILES string of the molecule is Cc1c(C(C)C)c(O)nn1C(C)(C)C. The molecule has 0 saturated carbocycles. The summed E-state index contributed by atoms with van der Waals surface area (Å²) in [5.74, 6) is 0.485. The van der Waals surface area contributed by atoms with Crippen LogP contribution in [0.3, 0.4) is 0 Å². The lowest BCUT2D eigenvalue weighted by molar-refractivity contribution is 0.332. The predicted molar refractivity (Wildman–Crippen MR) is 57.7 cm³/mol. The lowest BCUT2D eigenvalue weighted by atomic mass is 10.0.